The maximum Gasteiger partial charge on any atom is 0.215 e. The standard InChI is InChI=1S/C12H15N3S/c1-8-4-5-10(6-9(8)2)7-11-13-12(16)15(3)14-11/h4-6H,7H2,1-3H3,(H,13,14,16). The molecule has 1 aromatic heterocycles. The van der Waals surface area contributed by atoms with Gasteiger partial charge in [-0.25, -0.2) is 4.98 Å². The molecule has 1 N–H and O–H groups in total. The predicted octanol–water partition coefficient (Wildman–Crippen LogP) is 2.69. The lowest BCUT2D eigenvalue weighted by atomic mass is 10.0. The maximum absolute atomic E-state index is 5.06. The van der Waals surface area contributed by atoms with E-state index in [1.165, 1.54) is 16.7 Å². The molecular formula is C12H15N3S. The van der Waals surface area contributed by atoms with Crippen molar-refractivity contribution >= 4 is 12.2 Å². The Hall–Kier alpha value is -1.42. The van der Waals surface area contributed by atoms with Crippen LogP contribution in [-0.4, -0.2) is 14.8 Å². The number of aryl methyl sites for hydroxylation is 3. The van der Waals surface area contributed by atoms with E-state index >= 15 is 0 Å². The van der Waals surface area contributed by atoms with Gasteiger partial charge >= 0.3 is 0 Å². The highest BCUT2D eigenvalue weighted by molar-refractivity contribution is 7.71. The smallest absolute Gasteiger partial charge is 0.215 e. The van der Waals surface area contributed by atoms with E-state index in [0.29, 0.717) is 4.77 Å². The van der Waals surface area contributed by atoms with Crippen molar-refractivity contribution in [3.05, 3.63) is 45.5 Å². The fourth-order valence-electron chi connectivity index (χ4n) is 1.64. The second-order valence-electron chi connectivity index (χ2n) is 4.11. The molecule has 0 amide bonds. The van der Waals surface area contributed by atoms with Crippen LogP contribution in [0.5, 0.6) is 0 Å². The van der Waals surface area contributed by atoms with Crippen LogP contribution in [0.15, 0.2) is 18.2 Å². The summed E-state index contributed by atoms with van der Waals surface area (Å²) in [6, 6.07) is 6.47. The molecule has 0 saturated heterocycles. The predicted molar refractivity (Wildman–Crippen MR) is 67.1 cm³/mol. The minimum absolute atomic E-state index is 0.596. The third-order valence-electron chi connectivity index (χ3n) is 2.76. The van der Waals surface area contributed by atoms with Gasteiger partial charge in [0.25, 0.3) is 0 Å². The van der Waals surface area contributed by atoms with Crippen LogP contribution in [0.2, 0.25) is 0 Å². The van der Waals surface area contributed by atoms with E-state index in [2.05, 4.69) is 42.1 Å². The quantitative estimate of drug-likeness (QED) is 0.809. The molecule has 0 bridgehead atoms. The molecule has 0 unspecified atom stereocenters. The third-order valence-corrected chi connectivity index (χ3v) is 3.12. The van der Waals surface area contributed by atoms with Crippen LogP contribution >= 0.6 is 12.2 Å². The average molecular weight is 233 g/mol. The Bertz CT molecular complexity index is 566. The average Bonchev–Trinajstić information content (AvgIpc) is 2.52. The third kappa shape index (κ3) is 2.22. The fraction of sp³-hybridized carbons (Fsp3) is 0.333. The van der Waals surface area contributed by atoms with Crippen molar-refractivity contribution in [1.82, 2.24) is 14.8 Å². The van der Waals surface area contributed by atoms with Crippen LogP contribution < -0.4 is 0 Å². The van der Waals surface area contributed by atoms with Crippen molar-refractivity contribution in [2.45, 2.75) is 20.3 Å². The van der Waals surface area contributed by atoms with Crippen LogP contribution in [0.4, 0.5) is 0 Å². The Morgan fingerprint density at radius 1 is 1.31 bits per heavy atom. The van der Waals surface area contributed by atoms with Crippen LogP contribution in [-0.2, 0) is 13.5 Å². The van der Waals surface area contributed by atoms with Gasteiger partial charge < -0.3 is 0 Å². The van der Waals surface area contributed by atoms with Gasteiger partial charge in [0.2, 0.25) is 4.77 Å². The van der Waals surface area contributed by atoms with Gasteiger partial charge in [0.1, 0.15) is 5.82 Å². The molecule has 3 nitrogen and oxygen atoms in total. The molecule has 2 rings (SSSR count). The Morgan fingerprint density at radius 2 is 2.06 bits per heavy atom. The van der Waals surface area contributed by atoms with Gasteiger partial charge in [0.05, 0.1) is 0 Å². The largest absolute Gasteiger partial charge is 0.283 e. The lowest BCUT2D eigenvalue weighted by molar-refractivity contribution is 0.739. The van der Waals surface area contributed by atoms with Crippen molar-refractivity contribution in [1.29, 1.82) is 0 Å². The molecule has 16 heavy (non-hydrogen) atoms. The molecule has 4 heteroatoms. The Morgan fingerprint density at radius 3 is 2.62 bits per heavy atom. The first-order chi connectivity index (χ1) is 7.56. The van der Waals surface area contributed by atoms with Gasteiger partial charge in [-0.05, 0) is 42.8 Å². The SMILES string of the molecule is Cc1ccc(Cc2nc(=S)n(C)[nH]2)cc1C. The second kappa shape index (κ2) is 4.22. The van der Waals surface area contributed by atoms with Gasteiger partial charge in [-0.15, -0.1) is 0 Å². The summed E-state index contributed by atoms with van der Waals surface area (Å²) in [5.41, 5.74) is 3.89. The van der Waals surface area contributed by atoms with Crippen molar-refractivity contribution < 1.29 is 0 Å². The number of aromatic amines is 1. The summed E-state index contributed by atoms with van der Waals surface area (Å²) in [5, 5.41) is 3.13. The maximum atomic E-state index is 5.06. The first-order valence-corrected chi connectivity index (χ1v) is 5.65. The first kappa shape index (κ1) is 11.1. The van der Waals surface area contributed by atoms with E-state index in [1.807, 2.05) is 7.05 Å². The molecule has 1 heterocycles. The number of nitrogens with one attached hydrogen (secondary N) is 1. The van der Waals surface area contributed by atoms with Crippen LogP contribution in [0.25, 0.3) is 0 Å². The van der Waals surface area contributed by atoms with Crippen molar-refractivity contribution in [3.63, 3.8) is 0 Å². The van der Waals surface area contributed by atoms with E-state index in [9.17, 15) is 0 Å². The van der Waals surface area contributed by atoms with Gasteiger partial charge in [-0.2, -0.15) is 0 Å². The fourth-order valence-corrected chi connectivity index (χ4v) is 1.80. The second-order valence-corrected chi connectivity index (χ2v) is 4.47. The minimum Gasteiger partial charge on any atom is -0.283 e. The molecule has 0 fully saturated rings. The molecule has 0 spiro atoms. The van der Waals surface area contributed by atoms with Crippen LogP contribution in [0.1, 0.15) is 22.5 Å². The number of H-pyrrole nitrogens is 1. The molecule has 1 aromatic carbocycles. The normalized spacial score (nSPS) is 10.7. The van der Waals surface area contributed by atoms with Gasteiger partial charge in [-0.1, -0.05) is 18.2 Å². The Kier molecular flexibility index (Phi) is 2.92. The number of hydrogen-bond donors (Lipinski definition) is 1. The zero-order valence-electron chi connectivity index (χ0n) is 9.74. The summed E-state index contributed by atoms with van der Waals surface area (Å²) in [5.74, 6) is 0.913. The van der Waals surface area contributed by atoms with E-state index in [1.54, 1.807) is 4.68 Å². The van der Waals surface area contributed by atoms with Gasteiger partial charge in [-0.3, -0.25) is 9.78 Å². The molecule has 0 aliphatic heterocycles. The van der Waals surface area contributed by atoms with Gasteiger partial charge in [0.15, 0.2) is 0 Å². The Balaban J connectivity index is 2.27. The number of aromatic nitrogens is 3. The highest BCUT2D eigenvalue weighted by atomic mass is 32.1. The molecule has 2 aromatic rings. The zero-order chi connectivity index (χ0) is 11.7. The molecule has 0 aliphatic rings. The van der Waals surface area contributed by atoms with E-state index in [-0.39, 0.29) is 0 Å². The van der Waals surface area contributed by atoms with Crippen molar-refractivity contribution in [2.24, 2.45) is 7.05 Å². The zero-order valence-corrected chi connectivity index (χ0v) is 10.6. The van der Waals surface area contributed by atoms with Crippen LogP contribution in [0, 0.1) is 18.6 Å². The summed E-state index contributed by atoms with van der Waals surface area (Å²) >= 11 is 5.06. The lowest BCUT2D eigenvalue weighted by Gasteiger charge is -2.03. The lowest BCUT2D eigenvalue weighted by Crippen LogP contribution is -1.95. The summed E-state index contributed by atoms with van der Waals surface area (Å²) in [6.07, 6.45) is 0.797. The van der Waals surface area contributed by atoms with E-state index in [4.69, 9.17) is 12.2 Å². The summed E-state index contributed by atoms with van der Waals surface area (Å²) < 4.78 is 2.35. The molecular weight excluding hydrogens is 218 g/mol. The van der Waals surface area contributed by atoms with E-state index in [0.717, 1.165) is 12.2 Å². The summed E-state index contributed by atoms with van der Waals surface area (Å²) in [6.45, 7) is 4.24. The molecule has 84 valence electrons. The van der Waals surface area contributed by atoms with Gasteiger partial charge in [0, 0.05) is 13.5 Å². The molecule has 0 radical (unpaired) electrons. The highest BCUT2D eigenvalue weighted by Gasteiger charge is 2.02. The minimum atomic E-state index is 0.596. The number of rotatable bonds is 2. The van der Waals surface area contributed by atoms with Crippen LogP contribution in [0.3, 0.4) is 0 Å². The molecule has 0 atom stereocenters. The summed E-state index contributed by atoms with van der Waals surface area (Å²) in [4.78, 5) is 4.28. The van der Waals surface area contributed by atoms with E-state index < -0.39 is 0 Å². The highest BCUT2D eigenvalue weighted by Crippen LogP contribution is 2.12. The summed E-state index contributed by atoms with van der Waals surface area (Å²) in [7, 11) is 1.87. The monoisotopic (exact) mass is 233 g/mol. The number of benzene rings is 1. The topological polar surface area (TPSA) is 33.6 Å². The molecule has 0 saturated carbocycles. The number of hydrogen-bond acceptors (Lipinski definition) is 2. The Labute approximate surface area is 100 Å². The van der Waals surface area contributed by atoms with Crippen molar-refractivity contribution in [2.75, 3.05) is 0 Å². The van der Waals surface area contributed by atoms with Crippen molar-refractivity contribution in [3.8, 4) is 0 Å². The first-order valence-electron chi connectivity index (χ1n) is 5.24. The number of nitrogens with zero attached hydrogens (tertiary/aromatic N) is 2. The molecule has 0 aliphatic carbocycles.